The highest BCUT2D eigenvalue weighted by Crippen LogP contribution is 2.22. The lowest BCUT2D eigenvalue weighted by atomic mass is 10.0. The van der Waals surface area contributed by atoms with Crippen molar-refractivity contribution in [3.63, 3.8) is 0 Å². The maximum Gasteiger partial charge on any atom is 0.410 e. The minimum atomic E-state index is -0.565. The average molecular weight is 382 g/mol. The predicted octanol–water partition coefficient (Wildman–Crippen LogP) is 2.37. The summed E-state index contributed by atoms with van der Waals surface area (Å²) in [6.45, 7) is 7.76. The van der Waals surface area contributed by atoms with Gasteiger partial charge in [0.05, 0.1) is 30.5 Å². The van der Waals surface area contributed by atoms with Gasteiger partial charge in [-0.1, -0.05) is 11.6 Å². The van der Waals surface area contributed by atoms with Crippen LogP contribution in [0.2, 0.25) is 5.15 Å². The van der Waals surface area contributed by atoms with E-state index in [9.17, 15) is 9.59 Å². The quantitative estimate of drug-likeness (QED) is 0.735. The monoisotopic (exact) mass is 381 g/mol. The van der Waals surface area contributed by atoms with Gasteiger partial charge in [-0.05, 0) is 32.9 Å². The molecular formula is C18H24ClN3O4. The van der Waals surface area contributed by atoms with Gasteiger partial charge in [0, 0.05) is 26.1 Å². The number of amides is 2. The normalized spacial score (nSPS) is 20.8. The Morgan fingerprint density at radius 1 is 1.38 bits per heavy atom. The van der Waals surface area contributed by atoms with Gasteiger partial charge in [0.15, 0.2) is 0 Å². The second-order valence-corrected chi connectivity index (χ2v) is 7.92. The summed E-state index contributed by atoms with van der Waals surface area (Å²) in [7, 11) is 0. The fraction of sp³-hybridized carbons (Fsp3) is 0.611. The molecule has 3 rings (SSSR count). The molecule has 7 nitrogen and oxygen atoms in total. The number of pyridine rings is 1. The number of ether oxygens (including phenoxy) is 2. The molecule has 0 bridgehead atoms. The number of halogens is 1. The minimum absolute atomic E-state index is 0.0925. The van der Waals surface area contributed by atoms with Crippen LogP contribution < -0.4 is 0 Å². The van der Waals surface area contributed by atoms with E-state index in [1.807, 2.05) is 20.8 Å². The third-order valence-corrected chi connectivity index (χ3v) is 4.57. The smallest absolute Gasteiger partial charge is 0.410 e. The van der Waals surface area contributed by atoms with Crippen LogP contribution in [0.5, 0.6) is 0 Å². The Morgan fingerprint density at radius 3 is 2.88 bits per heavy atom. The maximum absolute atomic E-state index is 12.8. The van der Waals surface area contributed by atoms with Crippen molar-refractivity contribution < 1.29 is 19.1 Å². The SMILES string of the molecule is CC(C)(C)OC(=O)N1CCOC[C@@H]1CN1CCc2nc(Cl)ccc2C1=O. The van der Waals surface area contributed by atoms with Crippen molar-refractivity contribution in [1.82, 2.24) is 14.8 Å². The average Bonchev–Trinajstić information content (AvgIpc) is 2.56. The molecule has 1 atom stereocenters. The van der Waals surface area contributed by atoms with E-state index in [0.717, 1.165) is 5.69 Å². The van der Waals surface area contributed by atoms with Crippen LogP contribution in [0.4, 0.5) is 4.79 Å². The van der Waals surface area contributed by atoms with Crippen LogP contribution in [0.15, 0.2) is 12.1 Å². The molecule has 0 N–H and O–H groups in total. The molecular weight excluding hydrogens is 358 g/mol. The Bertz CT molecular complexity index is 704. The predicted molar refractivity (Wildman–Crippen MR) is 96.4 cm³/mol. The second kappa shape index (κ2) is 7.40. The van der Waals surface area contributed by atoms with E-state index < -0.39 is 5.60 Å². The molecule has 0 saturated carbocycles. The number of hydrogen-bond donors (Lipinski definition) is 0. The summed E-state index contributed by atoms with van der Waals surface area (Å²) in [4.78, 5) is 32.9. The number of morpholine rings is 1. The number of hydrogen-bond acceptors (Lipinski definition) is 5. The zero-order chi connectivity index (χ0) is 18.9. The van der Waals surface area contributed by atoms with Gasteiger partial charge >= 0.3 is 6.09 Å². The number of nitrogens with zero attached hydrogens (tertiary/aromatic N) is 3. The first-order valence-corrected chi connectivity index (χ1v) is 9.14. The van der Waals surface area contributed by atoms with Crippen LogP contribution >= 0.6 is 11.6 Å². The molecule has 1 aromatic rings. The fourth-order valence-electron chi connectivity index (χ4n) is 3.17. The van der Waals surface area contributed by atoms with Crippen molar-refractivity contribution in [1.29, 1.82) is 0 Å². The minimum Gasteiger partial charge on any atom is -0.444 e. The van der Waals surface area contributed by atoms with Gasteiger partial charge in [0.25, 0.3) is 5.91 Å². The number of fused-ring (bicyclic) bond motifs is 1. The fourth-order valence-corrected chi connectivity index (χ4v) is 3.33. The summed E-state index contributed by atoms with van der Waals surface area (Å²) in [5.41, 5.74) is 0.730. The second-order valence-electron chi connectivity index (χ2n) is 7.53. The Hall–Kier alpha value is -1.86. The van der Waals surface area contributed by atoms with Crippen molar-refractivity contribution in [3.05, 3.63) is 28.5 Å². The van der Waals surface area contributed by atoms with E-state index in [4.69, 9.17) is 21.1 Å². The molecule has 0 radical (unpaired) electrons. The molecule has 2 aliphatic heterocycles. The first-order valence-electron chi connectivity index (χ1n) is 8.76. The zero-order valence-electron chi connectivity index (χ0n) is 15.3. The summed E-state index contributed by atoms with van der Waals surface area (Å²) in [5.74, 6) is -0.0925. The Morgan fingerprint density at radius 2 is 2.15 bits per heavy atom. The Balaban J connectivity index is 1.71. The highest BCUT2D eigenvalue weighted by Gasteiger charge is 2.35. The standard InChI is InChI=1S/C18H24ClN3O4/c1-18(2,3)26-17(24)22-8-9-25-11-12(22)10-21-7-6-14-13(16(21)23)4-5-15(19)20-14/h4-5,12H,6-11H2,1-3H3/t12-/m0/s1. The lowest BCUT2D eigenvalue weighted by Crippen LogP contribution is -2.56. The molecule has 2 amide bonds. The Kier molecular flexibility index (Phi) is 5.39. The van der Waals surface area contributed by atoms with Gasteiger partial charge in [-0.25, -0.2) is 9.78 Å². The van der Waals surface area contributed by atoms with Gasteiger partial charge < -0.3 is 14.4 Å². The van der Waals surface area contributed by atoms with E-state index in [2.05, 4.69) is 4.98 Å². The van der Waals surface area contributed by atoms with Crippen molar-refractivity contribution in [2.45, 2.75) is 38.8 Å². The van der Waals surface area contributed by atoms with Crippen LogP contribution in [0, 0.1) is 0 Å². The molecule has 0 aromatic carbocycles. The lowest BCUT2D eigenvalue weighted by molar-refractivity contribution is -0.0383. The van der Waals surface area contributed by atoms with Gasteiger partial charge in [-0.2, -0.15) is 0 Å². The highest BCUT2D eigenvalue weighted by atomic mass is 35.5. The summed E-state index contributed by atoms with van der Waals surface area (Å²) in [6.07, 6.45) is 0.269. The number of carbonyl (C=O) groups is 2. The van der Waals surface area contributed by atoms with Gasteiger partial charge in [-0.15, -0.1) is 0 Å². The highest BCUT2D eigenvalue weighted by molar-refractivity contribution is 6.29. The van der Waals surface area contributed by atoms with Gasteiger partial charge in [-0.3, -0.25) is 9.69 Å². The first kappa shape index (κ1) is 18.9. The lowest BCUT2D eigenvalue weighted by Gasteiger charge is -2.39. The molecule has 26 heavy (non-hydrogen) atoms. The van der Waals surface area contributed by atoms with E-state index in [-0.39, 0.29) is 18.0 Å². The molecule has 142 valence electrons. The molecule has 0 spiro atoms. The molecule has 0 unspecified atom stereocenters. The van der Waals surface area contributed by atoms with Crippen LogP contribution in [-0.4, -0.2) is 71.3 Å². The molecule has 1 aromatic heterocycles. The molecule has 3 heterocycles. The van der Waals surface area contributed by atoms with Crippen LogP contribution in [-0.2, 0) is 15.9 Å². The van der Waals surface area contributed by atoms with E-state index >= 15 is 0 Å². The van der Waals surface area contributed by atoms with Crippen molar-refractivity contribution in [2.75, 3.05) is 32.8 Å². The maximum atomic E-state index is 12.8. The van der Waals surface area contributed by atoms with E-state index in [1.165, 1.54) is 0 Å². The number of rotatable bonds is 2. The zero-order valence-corrected chi connectivity index (χ0v) is 16.1. The van der Waals surface area contributed by atoms with Crippen molar-refractivity contribution >= 4 is 23.6 Å². The van der Waals surface area contributed by atoms with Gasteiger partial charge in [0.1, 0.15) is 10.8 Å². The van der Waals surface area contributed by atoms with Crippen LogP contribution in [0.3, 0.4) is 0 Å². The molecule has 1 saturated heterocycles. The summed E-state index contributed by atoms with van der Waals surface area (Å²) in [6, 6.07) is 3.10. The largest absolute Gasteiger partial charge is 0.444 e. The van der Waals surface area contributed by atoms with Gasteiger partial charge in [0.2, 0.25) is 0 Å². The van der Waals surface area contributed by atoms with Crippen LogP contribution in [0.1, 0.15) is 36.8 Å². The van der Waals surface area contributed by atoms with E-state index in [1.54, 1.807) is 21.9 Å². The first-order chi connectivity index (χ1) is 12.2. The summed E-state index contributed by atoms with van der Waals surface area (Å²) < 4.78 is 11.0. The summed E-state index contributed by atoms with van der Waals surface area (Å²) >= 11 is 5.91. The van der Waals surface area contributed by atoms with Crippen molar-refractivity contribution in [2.24, 2.45) is 0 Å². The van der Waals surface area contributed by atoms with E-state index in [0.29, 0.717) is 50.0 Å². The number of carbonyl (C=O) groups excluding carboxylic acids is 2. The molecule has 2 aliphatic rings. The van der Waals surface area contributed by atoms with Crippen LogP contribution in [0.25, 0.3) is 0 Å². The molecule has 8 heteroatoms. The third-order valence-electron chi connectivity index (χ3n) is 4.36. The van der Waals surface area contributed by atoms with Crippen molar-refractivity contribution in [3.8, 4) is 0 Å². The molecule has 1 fully saturated rings. The Labute approximate surface area is 158 Å². The molecule has 0 aliphatic carbocycles. The summed E-state index contributed by atoms with van der Waals surface area (Å²) in [5, 5.41) is 0.391. The topological polar surface area (TPSA) is 72.0 Å². The third kappa shape index (κ3) is 4.27. The number of aromatic nitrogens is 1.